The minimum Gasteiger partial charge on any atom is -0.480 e. The minimum atomic E-state index is -1.18. The molecule has 6 heteroatoms. The molecule has 148 valence electrons. The number of unbranched alkanes of at least 4 members (excludes halogenated alkanes) is 9. The van der Waals surface area contributed by atoms with Crippen LogP contribution in [-0.4, -0.2) is 58.9 Å². The fourth-order valence-electron chi connectivity index (χ4n) is 2.61. The first-order valence-corrected chi connectivity index (χ1v) is 9.73. The summed E-state index contributed by atoms with van der Waals surface area (Å²) in [6, 6.07) is -1.13. The lowest BCUT2D eigenvalue weighted by Gasteiger charge is -2.17. The number of carboxylic acid groups (broad SMARTS) is 1. The highest BCUT2D eigenvalue weighted by Gasteiger charge is 2.07. The monoisotopic (exact) mass is 357 g/mol. The Balaban J connectivity index is 0.000000697. The zero-order valence-electron chi connectivity index (χ0n) is 16.2. The molecular formula is C19H39N3O3. The van der Waals surface area contributed by atoms with Crippen molar-refractivity contribution >= 4 is 5.97 Å². The van der Waals surface area contributed by atoms with Gasteiger partial charge in [0.2, 0.25) is 0 Å². The fourth-order valence-corrected chi connectivity index (χ4v) is 2.61. The van der Waals surface area contributed by atoms with Crippen LogP contribution in [0.3, 0.4) is 0 Å². The van der Waals surface area contributed by atoms with E-state index in [2.05, 4.69) is 36.2 Å². The van der Waals surface area contributed by atoms with E-state index >= 15 is 0 Å². The van der Waals surface area contributed by atoms with Gasteiger partial charge >= 0.3 is 5.97 Å². The molecule has 6 nitrogen and oxygen atoms in total. The summed E-state index contributed by atoms with van der Waals surface area (Å²) in [5, 5.41) is 15.9. The van der Waals surface area contributed by atoms with Crippen LogP contribution >= 0.6 is 0 Å². The number of hydrogen-bond donors (Lipinski definition) is 3. The number of hydrogen-bond acceptors (Lipinski definition) is 5. The summed E-state index contributed by atoms with van der Waals surface area (Å²) >= 11 is 0. The van der Waals surface area contributed by atoms with E-state index in [9.17, 15) is 4.79 Å². The molecule has 25 heavy (non-hydrogen) atoms. The molecule has 0 aromatic rings. The maximum Gasteiger partial charge on any atom is 0.322 e. The Bertz CT molecular complexity index is 351. The largest absolute Gasteiger partial charge is 0.480 e. The first-order valence-electron chi connectivity index (χ1n) is 9.73. The van der Waals surface area contributed by atoms with E-state index in [1.807, 2.05) is 0 Å². The maximum atomic E-state index is 9.65. The topological polar surface area (TPSA) is 90.0 Å². The van der Waals surface area contributed by atoms with Gasteiger partial charge in [0.15, 0.2) is 0 Å². The number of aliphatic hydroxyl groups is 1. The lowest BCUT2D eigenvalue weighted by atomic mass is 10.1. The van der Waals surface area contributed by atoms with Crippen molar-refractivity contribution in [3.8, 4) is 0 Å². The number of aliphatic carboxylic acids is 1. The van der Waals surface area contributed by atoms with Crippen LogP contribution in [0.5, 0.6) is 0 Å². The predicted molar refractivity (Wildman–Crippen MR) is 103 cm³/mol. The van der Waals surface area contributed by atoms with Crippen molar-refractivity contribution in [1.82, 2.24) is 9.80 Å². The van der Waals surface area contributed by atoms with Gasteiger partial charge in [-0.25, -0.2) is 0 Å². The molecule has 0 amide bonds. The molecule has 0 saturated heterocycles. The number of nitrogens with two attached hydrogens (primary N) is 1. The molecule has 1 heterocycles. The summed E-state index contributed by atoms with van der Waals surface area (Å²) in [6.07, 6.45) is 18.6. The third-order valence-corrected chi connectivity index (χ3v) is 4.25. The summed E-state index contributed by atoms with van der Waals surface area (Å²) in [6.45, 7) is 4.09. The molecule has 1 rings (SSSR count). The van der Waals surface area contributed by atoms with Gasteiger partial charge in [-0.15, -0.1) is 0 Å². The van der Waals surface area contributed by atoms with Crippen molar-refractivity contribution in [2.24, 2.45) is 5.73 Å². The quantitative estimate of drug-likeness (QED) is 0.439. The second kappa shape index (κ2) is 16.2. The number of rotatable bonds is 13. The van der Waals surface area contributed by atoms with Crippen molar-refractivity contribution in [3.63, 3.8) is 0 Å². The zero-order valence-corrected chi connectivity index (χ0v) is 16.2. The van der Waals surface area contributed by atoms with E-state index in [1.165, 1.54) is 70.8 Å². The van der Waals surface area contributed by atoms with Crippen LogP contribution < -0.4 is 5.73 Å². The van der Waals surface area contributed by atoms with E-state index in [0.29, 0.717) is 0 Å². The van der Waals surface area contributed by atoms with Crippen molar-refractivity contribution < 1.29 is 15.0 Å². The molecule has 0 aromatic heterocycles. The second-order valence-corrected chi connectivity index (χ2v) is 6.82. The minimum absolute atomic E-state index is 0.505. The zero-order chi connectivity index (χ0) is 18.9. The highest BCUT2D eigenvalue weighted by atomic mass is 16.4. The second-order valence-electron chi connectivity index (χ2n) is 6.82. The van der Waals surface area contributed by atoms with Crippen molar-refractivity contribution in [3.05, 3.63) is 12.4 Å². The highest BCUT2D eigenvalue weighted by molar-refractivity contribution is 5.73. The molecule has 0 radical (unpaired) electrons. The SMILES string of the molecule is CCCCCCCCCCCCN1C=CN(C)C1.N[C@@H](CO)C(=O)O. The number of carbonyl (C=O) groups is 1. The average Bonchev–Trinajstić information content (AvgIpc) is 3.01. The molecule has 0 aliphatic carbocycles. The Labute approximate surface area is 153 Å². The van der Waals surface area contributed by atoms with Crippen LogP contribution in [0, 0.1) is 0 Å². The van der Waals surface area contributed by atoms with Crippen LogP contribution in [0.4, 0.5) is 0 Å². The average molecular weight is 358 g/mol. The Hall–Kier alpha value is -1.27. The van der Waals surface area contributed by atoms with Gasteiger partial charge in [-0.1, -0.05) is 64.7 Å². The van der Waals surface area contributed by atoms with Crippen molar-refractivity contribution in [2.45, 2.75) is 77.2 Å². The molecule has 1 atom stereocenters. The standard InChI is InChI=1S/C16H32N2.C3H7NO3/c1-3-4-5-6-7-8-9-10-11-12-13-18-15-14-17(2)16-18;4-2(1-5)3(6)7/h14-15H,3-13,16H2,1-2H3;2,5H,1,4H2,(H,6,7)/t;2-/m.0/s1. The smallest absolute Gasteiger partial charge is 0.322 e. The molecule has 0 spiro atoms. The van der Waals surface area contributed by atoms with Crippen molar-refractivity contribution in [2.75, 3.05) is 26.9 Å². The Morgan fingerprint density at radius 3 is 1.92 bits per heavy atom. The molecule has 4 N–H and O–H groups in total. The van der Waals surface area contributed by atoms with E-state index in [-0.39, 0.29) is 0 Å². The summed E-state index contributed by atoms with van der Waals surface area (Å²) in [4.78, 5) is 14.3. The molecule has 0 saturated carbocycles. The first kappa shape index (κ1) is 23.7. The third-order valence-electron chi connectivity index (χ3n) is 4.25. The third kappa shape index (κ3) is 14.8. The number of carboxylic acids is 1. The van der Waals surface area contributed by atoms with Crippen molar-refractivity contribution in [1.29, 1.82) is 0 Å². The first-order chi connectivity index (χ1) is 12.0. The Morgan fingerprint density at radius 1 is 1.04 bits per heavy atom. The van der Waals surface area contributed by atoms with Crippen LogP contribution in [0.25, 0.3) is 0 Å². The maximum absolute atomic E-state index is 9.65. The molecule has 0 unspecified atom stereocenters. The molecule has 1 aliphatic heterocycles. The molecule has 0 aromatic carbocycles. The van der Waals surface area contributed by atoms with E-state index in [0.717, 1.165) is 6.67 Å². The van der Waals surface area contributed by atoms with Gasteiger partial charge in [0.25, 0.3) is 0 Å². The number of aliphatic hydroxyl groups excluding tert-OH is 1. The van der Waals surface area contributed by atoms with E-state index < -0.39 is 18.6 Å². The van der Waals surface area contributed by atoms with Crippen LogP contribution in [0.15, 0.2) is 12.4 Å². The highest BCUT2D eigenvalue weighted by Crippen LogP contribution is 2.11. The van der Waals surface area contributed by atoms with Crippen LogP contribution in [-0.2, 0) is 4.79 Å². The fraction of sp³-hybridized carbons (Fsp3) is 0.842. The summed E-state index contributed by atoms with van der Waals surface area (Å²) in [7, 11) is 2.13. The van der Waals surface area contributed by atoms with Gasteiger partial charge in [0.05, 0.1) is 13.3 Å². The summed E-state index contributed by atoms with van der Waals surface area (Å²) < 4.78 is 0. The van der Waals surface area contributed by atoms with E-state index in [1.54, 1.807) is 0 Å². The van der Waals surface area contributed by atoms with E-state index in [4.69, 9.17) is 15.9 Å². The number of nitrogens with zero attached hydrogens (tertiary/aromatic N) is 2. The lowest BCUT2D eigenvalue weighted by Crippen LogP contribution is -2.33. The summed E-state index contributed by atoms with van der Waals surface area (Å²) in [5.41, 5.74) is 4.77. The Kier molecular flexibility index (Phi) is 15.4. The van der Waals surface area contributed by atoms with Gasteiger partial charge < -0.3 is 25.7 Å². The molecule has 0 bridgehead atoms. The van der Waals surface area contributed by atoms with Crippen LogP contribution in [0.2, 0.25) is 0 Å². The lowest BCUT2D eigenvalue weighted by molar-refractivity contribution is -0.139. The molecule has 1 aliphatic rings. The van der Waals surface area contributed by atoms with Gasteiger partial charge in [-0.05, 0) is 6.42 Å². The molecule has 0 fully saturated rings. The van der Waals surface area contributed by atoms with Crippen LogP contribution in [0.1, 0.15) is 71.1 Å². The Morgan fingerprint density at radius 2 is 1.56 bits per heavy atom. The van der Waals surface area contributed by atoms with Gasteiger partial charge in [0.1, 0.15) is 6.04 Å². The van der Waals surface area contributed by atoms with Gasteiger partial charge in [-0.3, -0.25) is 4.79 Å². The summed E-state index contributed by atoms with van der Waals surface area (Å²) in [5.74, 6) is -1.18. The predicted octanol–water partition coefficient (Wildman–Crippen LogP) is 2.97. The van der Waals surface area contributed by atoms with Gasteiger partial charge in [0, 0.05) is 26.0 Å². The normalized spacial score (nSPS) is 14.4. The molecular weight excluding hydrogens is 318 g/mol. The van der Waals surface area contributed by atoms with Gasteiger partial charge in [-0.2, -0.15) is 0 Å².